The number of hydrogen-bond donors (Lipinski definition) is 0. The SMILES string of the molecule is C#CCn1c(=NC(=O)C2CCN(S(=O)(=O)c3ccc(C)cc3)CC2)sc2cc(OCC)ccc21. The molecule has 0 N–H and O–H groups in total. The van der Waals surface area contributed by atoms with Crippen molar-refractivity contribution in [1.82, 2.24) is 8.87 Å². The van der Waals surface area contributed by atoms with E-state index in [1.165, 1.54) is 15.6 Å². The van der Waals surface area contributed by atoms with Gasteiger partial charge >= 0.3 is 0 Å². The molecular weight excluding hydrogens is 470 g/mol. The number of thiazole rings is 1. The lowest BCUT2D eigenvalue weighted by Gasteiger charge is -2.29. The molecule has 1 saturated heterocycles. The second kappa shape index (κ2) is 10.1. The molecule has 2 heterocycles. The normalized spacial score (nSPS) is 16.0. The van der Waals surface area contributed by atoms with Crippen LogP contribution in [0, 0.1) is 25.2 Å². The summed E-state index contributed by atoms with van der Waals surface area (Å²) in [6.07, 6.45) is 6.43. The molecule has 0 saturated carbocycles. The lowest BCUT2D eigenvalue weighted by atomic mass is 9.98. The molecule has 0 atom stereocenters. The van der Waals surface area contributed by atoms with Crippen LogP contribution in [0.25, 0.3) is 10.2 Å². The molecule has 0 unspecified atom stereocenters. The zero-order chi connectivity index (χ0) is 24.3. The topological polar surface area (TPSA) is 81.0 Å². The Morgan fingerprint density at radius 1 is 1.21 bits per heavy atom. The molecule has 0 aliphatic carbocycles. The second-order valence-corrected chi connectivity index (χ2v) is 11.1. The summed E-state index contributed by atoms with van der Waals surface area (Å²) in [5.41, 5.74) is 1.90. The second-order valence-electron chi connectivity index (χ2n) is 8.18. The Bertz CT molecular complexity index is 1410. The minimum atomic E-state index is -3.57. The Morgan fingerprint density at radius 3 is 2.56 bits per heavy atom. The van der Waals surface area contributed by atoms with E-state index in [0.717, 1.165) is 21.5 Å². The highest BCUT2D eigenvalue weighted by Gasteiger charge is 2.32. The predicted molar refractivity (Wildman–Crippen MR) is 133 cm³/mol. The van der Waals surface area contributed by atoms with E-state index in [-0.39, 0.29) is 29.8 Å². The number of benzene rings is 2. The molecule has 34 heavy (non-hydrogen) atoms. The number of sulfonamides is 1. The Hall–Kier alpha value is -2.93. The molecule has 3 aromatic rings. The monoisotopic (exact) mass is 497 g/mol. The van der Waals surface area contributed by atoms with Gasteiger partial charge in [-0.2, -0.15) is 9.30 Å². The van der Waals surface area contributed by atoms with Gasteiger partial charge in [-0.3, -0.25) is 4.79 Å². The van der Waals surface area contributed by atoms with Gasteiger partial charge in [-0.05, 0) is 57.0 Å². The Labute approximate surface area is 203 Å². The number of terminal acetylenes is 1. The summed E-state index contributed by atoms with van der Waals surface area (Å²) in [7, 11) is -3.57. The van der Waals surface area contributed by atoms with Crippen LogP contribution in [0.4, 0.5) is 0 Å². The first-order valence-corrected chi connectivity index (χ1v) is 13.4. The minimum Gasteiger partial charge on any atom is -0.494 e. The van der Waals surface area contributed by atoms with Gasteiger partial charge in [-0.15, -0.1) is 6.42 Å². The van der Waals surface area contributed by atoms with Crippen LogP contribution in [0.2, 0.25) is 0 Å². The number of fused-ring (bicyclic) bond motifs is 1. The van der Waals surface area contributed by atoms with Crippen molar-refractivity contribution in [3.63, 3.8) is 0 Å². The molecule has 1 fully saturated rings. The lowest BCUT2D eigenvalue weighted by Crippen LogP contribution is -2.40. The van der Waals surface area contributed by atoms with Crippen LogP contribution in [-0.4, -0.2) is 42.9 Å². The highest BCUT2D eigenvalue weighted by molar-refractivity contribution is 7.89. The van der Waals surface area contributed by atoms with E-state index in [1.54, 1.807) is 24.3 Å². The Morgan fingerprint density at radius 2 is 1.91 bits per heavy atom. The number of rotatable bonds is 6. The first-order chi connectivity index (χ1) is 16.3. The fourth-order valence-corrected chi connectivity index (χ4v) is 6.56. The van der Waals surface area contributed by atoms with Crippen LogP contribution >= 0.6 is 11.3 Å². The number of amides is 1. The van der Waals surface area contributed by atoms with Gasteiger partial charge in [0.2, 0.25) is 10.0 Å². The number of carbonyl (C=O) groups excluding carboxylic acids is 1. The van der Waals surface area contributed by atoms with Crippen molar-refractivity contribution in [3.05, 3.63) is 52.8 Å². The van der Waals surface area contributed by atoms with Gasteiger partial charge in [-0.25, -0.2) is 8.42 Å². The summed E-state index contributed by atoms with van der Waals surface area (Å²) in [6.45, 7) is 5.28. The quantitative estimate of drug-likeness (QED) is 0.488. The molecular formula is C25H27N3O4S2. The molecule has 7 nitrogen and oxygen atoms in total. The number of carbonyl (C=O) groups is 1. The number of hydrogen-bond acceptors (Lipinski definition) is 5. The van der Waals surface area contributed by atoms with Crippen LogP contribution in [-0.2, 0) is 21.4 Å². The fourth-order valence-electron chi connectivity index (χ4n) is 4.03. The Balaban J connectivity index is 1.53. The molecule has 1 aliphatic rings. The van der Waals surface area contributed by atoms with Crippen LogP contribution in [0.3, 0.4) is 0 Å². The molecule has 0 radical (unpaired) electrons. The molecule has 4 rings (SSSR count). The van der Waals surface area contributed by atoms with Crippen molar-refractivity contribution < 1.29 is 17.9 Å². The first kappa shape index (κ1) is 24.2. The van der Waals surface area contributed by atoms with Crippen molar-refractivity contribution in [2.45, 2.75) is 38.1 Å². The van der Waals surface area contributed by atoms with Crippen molar-refractivity contribution in [3.8, 4) is 18.1 Å². The van der Waals surface area contributed by atoms with Crippen LogP contribution in [0.1, 0.15) is 25.3 Å². The third-order valence-electron chi connectivity index (χ3n) is 5.88. The van der Waals surface area contributed by atoms with E-state index in [2.05, 4.69) is 10.9 Å². The Kier molecular flexibility index (Phi) is 7.22. The molecule has 1 aliphatic heterocycles. The van der Waals surface area contributed by atoms with Crippen molar-refractivity contribution in [1.29, 1.82) is 0 Å². The van der Waals surface area contributed by atoms with Crippen LogP contribution in [0.15, 0.2) is 52.4 Å². The van der Waals surface area contributed by atoms with Crippen LogP contribution in [0.5, 0.6) is 5.75 Å². The highest BCUT2D eigenvalue weighted by Crippen LogP contribution is 2.26. The molecule has 9 heteroatoms. The van der Waals surface area contributed by atoms with Gasteiger partial charge in [0.05, 0.1) is 28.3 Å². The minimum absolute atomic E-state index is 0.241. The van der Waals surface area contributed by atoms with E-state index in [0.29, 0.717) is 30.8 Å². The highest BCUT2D eigenvalue weighted by atomic mass is 32.2. The van der Waals surface area contributed by atoms with Gasteiger partial charge in [-0.1, -0.05) is 35.0 Å². The van der Waals surface area contributed by atoms with Crippen molar-refractivity contribution >= 4 is 37.5 Å². The number of piperidine rings is 1. The maximum absolute atomic E-state index is 13.0. The van der Waals surface area contributed by atoms with Gasteiger partial charge in [0, 0.05) is 19.0 Å². The summed E-state index contributed by atoms with van der Waals surface area (Å²) in [5, 5.41) is 0. The van der Waals surface area contributed by atoms with Gasteiger partial charge < -0.3 is 9.30 Å². The zero-order valence-electron chi connectivity index (χ0n) is 19.2. The van der Waals surface area contributed by atoms with E-state index in [9.17, 15) is 13.2 Å². The summed E-state index contributed by atoms with van der Waals surface area (Å²) in [5.74, 6) is 2.82. The average molecular weight is 498 g/mol. The third kappa shape index (κ3) is 4.94. The number of ether oxygens (including phenoxy) is 1. The van der Waals surface area contributed by atoms with Crippen molar-refractivity contribution in [2.75, 3.05) is 19.7 Å². The molecule has 178 valence electrons. The summed E-state index contributed by atoms with van der Waals surface area (Å²) < 4.78 is 35.7. The van der Waals surface area contributed by atoms with Crippen molar-refractivity contribution in [2.24, 2.45) is 10.9 Å². The van der Waals surface area contributed by atoms with E-state index in [4.69, 9.17) is 11.2 Å². The van der Waals surface area contributed by atoms with E-state index in [1.807, 2.05) is 36.6 Å². The number of aryl methyl sites for hydroxylation is 1. The molecule has 0 spiro atoms. The summed E-state index contributed by atoms with van der Waals surface area (Å²) in [6, 6.07) is 12.5. The summed E-state index contributed by atoms with van der Waals surface area (Å²) >= 11 is 1.39. The van der Waals surface area contributed by atoms with E-state index < -0.39 is 10.0 Å². The summed E-state index contributed by atoms with van der Waals surface area (Å²) in [4.78, 5) is 18.2. The lowest BCUT2D eigenvalue weighted by molar-refractivity contribution is -0.122. The number of aromatic nitrogens is 1. The fraction of sp³-hybridized carbons (Fsp3) is 0.360. The standard InChI is InChI=1S/C25H27N3O4S2/c1-4-14-28-22-11-8-20(32-5-2)17-23(22)33-25(28)26-24(29)19-12-15-27(16-13-19)34(30,31)21-9-6-18(3)7-10-21/h1,6-11,17,19H,5,12-16H2,2-3H3. The van der Waals surface area contributed by atoms with Gasteiger partial charge in [0.1, 0.15) is 5.75 Å². The maximum atomic E-state index is 13.0. The average Bonchev–Trinajstić information content (AvgIpc) is 3.16. The molecule has 2 aromatic carbocycles. The largest absolute Gasteiger partial charge is 0.494 e. The molecule has 0 bridgehead atoms. The van der Waals surface area contributed by atoms with Gasteiger partial charge in [0.15, 0.2) is 4.80 Å². The smallest absolute Gasteiger partial charge is 0.251 e. The third-order valence-corrected chi connectivity index (χ3v) is 8.84. The maximum Gasteiger partial charge on any atom is 0.251 e. The first-order valence-electron chi connectivity index (χ1n) is 11.2. The zero-order valence-corrected chi connectivity index (χ0v) is 20.9. The molecule has 1 aromatic heterocycles. The van der Waals surface area contributed by atoms with E-state index >= 15 is 0 Å². The predicted octanol–water partition coefficient (Wildman–Crippen LogP) is 3.57. The molecule has 1 amide bonds. The van der Waals surface area contributed by atoms with Crippen LogP contribution < -0.4 is 9.54 Å². The number of nitrogens with zero attached hydrogens (tertiary/aromatic N) is 3. The van der Waals surface area contributed by atoms with Gasteiger partial charge in [0.25, 0.3) is 5.91 Å².